The first kappa shape index (κ1) is 17.6. The van der Waals surface area contributed by atoms with Crippen LogP contribution in [0.4, 0.5) is 17.3 Å². The smallest absolute Gasteiger partial charge is 0.275 e. The van der Waals surface area contributed by atoms with E-state index in [1.165, 1.54) is 5.56 Å². The van der Waals surface area contributed by atoms with Gasteiger partial charge in [0.05, 0.1) is 0 Å². The predicted octanol–water partition coefficient (Wildman–Crippen LogP) is 4.00. The van der Waals surface area contributed by atoms with Crippen LogP contribution in [-0.4, -0.2) is 21.0 Å². The van der Waals surface area contributed by atoms with Crippen molar-refractivity contribution in [1.29, 1.82) is 0 Å². The number of benzene rings is 1. The van der Waals surface area contributed by atoms with E-state index in [-0.39, 0.29) is 11.6 Å². The van der Waals surface area contributed by atoms with Crippen LogP contribution in [0.15, 0.2) is 28.8 Å². The third kappa shape index (κ3) is 3.88. The van der Waals surface area contributed by atoms with Crippen LogP contribution >= 0.6 is 0 Å². The van der Waals surface area contributed by atoms with Gasteiger partial charge in [0, 0.05) is 17.8 Å². The lowest BCUT2D eigenvalue weighted by atomic mass is 10.1. The molecule has 3 aromatic rings. The van der Waals surface area contributed by atoms with Gasteiger partial charge in [-0.05, 0) is 45.7 Å². The number of rotatable bonds is 4. The van der Waals surface area contributed by atoms with Gasteiger partial charge in [-0.25, -0.2) is 9.97 Å². The molecular formula is C19H21N5O2. The summed E-state index contributed by atoms with van der Waals surface area (Å²) in [6.07, 6.45) is 0. The second kappa shape index (κ2) is 6.95. The Kier molecular flexibility index (Phi) is 4.71. The molecule has 0 saturated heterocycles. The Morgan fingerprint density at radius 1 is 0.923 bits per heavy atom. The quantitative estimate of drug-likeness (QED) is 0.738. The Hall–Kier alpha value is -3.22. The first-order valence-corrected chi connectivity index (χ1v) is 8.27. The van der Waals surface area contributed by atoms with Gasteiger partial charge in [0.1, 0.15) is 23.1 Å². The van der Waals surface area contributed by atoms with E-state index in [2.05, 4.69) is 44.8 Å². The molecule has 0 aliphatic rings. The Labute approximate surface area is 151 Å². The number of carbonyl (C=O) groups excluding carboxylic acids is 1. The molecule has 0 radical (unpaired) electrons. The monoisotopic (exact) mass is 351 g/mol. The lowest BCUT2D eigenvalue weighted by Gasteiger charge is -2.14. The minimum absolute atomic E-state index is 0.253. The molecule has 3 rings (SSSR count). The number of anilines is 3. The molecular weight excluding hydrogens is 330 g/mol. The van der Waals surface area contributed by atoms with E-state index in [4.69, 9.17) is 4.52 Å². The summed E-state index contributed by atoms with van der Waals surface area (Å²) in [6.45, 7) is 9.64. The summed E-state index contributed by atoms with van der Waals surface area (Å²) in [5.74, 6) is 1.66. The van der Waals surface area contributed by atoms with E-state index in [0.717, 1.165) is 16.8 Å². The molecule has 7 heteroatoms. The molecule has 7 nitrogen and oxygen atoms in total. The van der Waals surface area contributed by atoms with Crippen LogP contribution in [0.2, 0.25) is 0 Å². The first-order chi connectivity index (χ1) is 12.3. The van der Waals surface area contributed by atoms with E-state index < -0.39 is 0 Å². The Bertz CT molecular complexity index is 955. The summed E-state index contributed by atoms with van der Waals surface area (Å²) in [7, 11) is 0. The van der Waals surface area contributed by atoms with Gasteiger partial charge in [-0.15, -0.1) is 0 Å². The standard InChI is InChI=1S/C19H21N5O2/c1-10-6-11(2)18(12(3)7-10)22-16-9-15(20-14(5)21-16)19(25)23-17-8-13(4)26-24-17/h6-9H,1-5H3,(H,20,21,22)(H,23,24,25). The molecule has 2 heterocycles. The van der Waals surface area contributed by atoms with Crippen molar-refractivity contribution in [1.82, 2.24) is 15.1 Å². The highest BCUT2D eigenvalue weighted by atomic mass is 16.5. The minimum Gasteiger partial charge on any atom is -0.360 e. The fourth-order valence-electron chi connectivity index (χ4n) is 2.86. The number of amides is 1. The van der Waals surface area contributed by atoms with Crippen molar-refractivity contribution < 1.29 is 9.32 Å². The predicted molar refractivity (Wildman–Crippen MR) is 99.9 cm³/mol. The zero-order valence-corrected chi connectivity index (χ0v) is 15.5. The summed E-state index contributed by atoms with van der Waals surface area (Å²) in [4.78, 5) is 21.1. The fourth-order valence-corrected chi connectivity index (χ4v) is 2.86. The average Bonchev–Trinajstić information content (AvgIpc) is 2.95. The van der Waals surface area contributed by atoms with Crippen LogP contribution in [0.1, 0.15) is 38.8 Å². The molecule has 0 atom stereocenters. The highest BCUT2D eigenvalue weighted by Gasteiger charge is 2.14. The van der Waals surface area contributed by atoms with Crippen LogP contribution in [0.5, 0.6) is 0 Å². The largest absolute Gasteiger partial charge is 0.360 e. The van der Waals surface area contributed by atoms with Crippen molar-refractivity contribution in [2.45, 2.75) is 34.6 Å². The lowest BCUT2D eigenvalue weighted by Crippen LogP contribution is -2.15. The highest BCUT2D eigenvalue weighted by Crippen LogP contribution is 2.25. The SMILES string of the molecule is Cc1cc(C)c(Nc2cc(C(=O)Nc3cc(C)on3)nc(C)n2)c(C)c1. The van der Waals surface area contributed by atoms with Crippen molar-refractivity contribution in [3.8, 4) is 0 Å². The first-order valence-electron chi connectivity index (χ1n) is 8.27. The van der Waals surface area contributed by atoms with Gasteiger partial charge in [-0.1, -0.05) is 22.9 Å². The van der Waals surface area contributed by atoms with Crippen molar-refractivity contribution in [2.75, 3.05) is 10.6 Å². The molecule has 2 aromatic heterocycles. The van der Waals surface area contributed by atoms with Crippen LogP contribution < -0.4 is 10.6 Å². The third-order valence-corrected chi connectivity index (χ3v) is 3.87. The highest BCUT2D eigenvalue weighted by molar-refractivity contribution is 6.02. The lowest BCUT2D eigenvalue weighted by molar-refractivity contribution is 0.102. The second-order valence-corrected chi connectivity index (χ2v) is 6.36. The maximum absolute atomic E-state index is 12.4. The molecule has 0 aliphatic carbocycles. The van der Waals surface area contributed by atoms with E-state index in [0.29, 0.717) is 23.2 Å². The second-order valence-electron chi connectivity index (χ2n) is 6.36. The van der Waals surface area contributed by atoms with Crippen LogP contribution in [0, 0.1) is 34.6 Å². The summed E-state index contributed by atoms with van der Waals surface area (Å²) in [6, 6.07) is 7.46. The van der Waals surface area contributed by atoms with Gasteiger partial charge in [0.25, 0.3) is 5.91 Å². The molecule has 0 aliphatic heterocycles. The van der Waals surface area contributed by atoms with Crippen LogP contribution in [0.25, 0.3) is 0 Å². The van der Waals surface area contributed by atoms with E-state index in [9.17, 15) is 4.79 Å². The Morgan fingerprint density at radius 3 is 2.23 bits per heavy atom. The van der Waals surface area contributed by atoms with E-state index in [1.54, 1.807) is 26.0 Å². The maximum atomic E-state index is 12.4. The number of nitrogens with one attached hydrogen (secondary N) is 2. The zero-order chi connectivity index (χ0) is 18.8. The van der Waals surface area contributed by atoms with Crippen LogP contribution in [-0.2, 0) is 0 Å². The van der Waals surface area contributed by atoms with Crippen molar-refractivity contribution >= 4 is 23.2 Å². The van der Waals surface area contributed by atoms with Gasteiger partial charge in [-0.3, -0.25) is 4.79 Å². The molecule has 1 amide bonds. The van der Waals surface area contributed by atoms with Gasteiger partial charge >= 0.3 is 0 Å². The number of aromatic nitrogens is 3. The molecule has 0 unspecified atom stereocenters. The van der Waals surface area contributed by atoms with Crippen molar-refractivity contribution in [3.05, 3.63) is 58.2 Å². The summed E-state index contributed by atoms with van der Waals surface area (Å²) >= 11 is 0. The number of hydrogen-bond acceptors (Lipinski definition) is 6. The molecule has 26 heavy (non-hydrogen) atoms. The van der Waals surface area contributed by atoms with Crippen molar-refractivity contribution in [2.24, 2.45) is 0 Å². The number of carbonyl (C=O) groups is 1. The molecule has 2 N–H and O–H groups in total. The Balaban J connectivity index is 1.87. The number of nitrogens with zero attached hydrogens (tertiary/aromatic N) is 3. The Morgan fingerprint density at radius 2 is 1.62 bits per heavy atom. The third-order valence-electron chi connectivity index (χ3n) is 3.87. The van der Waals surface area contributed by atoms with E-state index in [1.807, 2.05) is 13.8 Å². The van der Waals surface area contributed by atoms with Crippen molar-refractivity contribution in [3.63, 3.8) is 0 Å². The zero-order valence-electron chi connectivity index (χ0n) is 15.5. The molecule has 0 spiro atoms. The van der Waals surface area contributed by atoms with Gasteiger partial charge in [-0.2, -0.15) is 0 Å². The fraction of sp³-hybridized carbons (Fsp3) is 0.263. The summed E-state index contributed by atoms with van der Waals surface area (Å²) < 4.78 is 4.95. The summed E-state index contributed by atoms with van der Waals surface area (Å²) in [5, 5.41) is 9.73. The molecule has 0 bridgehead atoms. The maximum Gasteiger partial charge on any atom is 0.275 e. The average molecular weight is 351 g/mol. The van der Waals surface area contributed by atoms with Gasteiger partial charge in [0.15, 0.2) is 5.82 Å². The van der Waals surface area contributed by atoms with Crippen LogP contribution in [0.3, 0.4) is 0 Å². The van der Waals surface area contributed by atoms with E-state index >= 15 is 0 Å². The van der Waals surface area contributed by atoms with Gasteiger partial charge in [0.2, 0.25) is 0 Å². The number of aryl methyl sites for hydroxylation is 5. The minimum atomic E-state index is -0.371. The topological polar surface area (TPSA) is 92.9 Å². The molecule has 134 valence electrons. The van der Waals surface area contributed by atoms with Gasteiger partial charge < -0.3 is 15.2 Å². The normalized spacial score (nSPS) is 10.7. The molecule has 0 fully saturated rings. The molecule has 0 saturated carbocycles. The molecule has 1 aromatic carbocycles. The summed E-state index contributed by atoms with van der Waals surface area (Å²) in [5.41, 5.74) is 4.66. The number of hydrogen-bond donors (Lipinski definition) is 2.